The number of benzene rings is 2. The molecule has 4 aromatic rings. The predicted octanol–water partition coefficient (Wildman–Crippen LogP) is 3.56. The van der Waals surface area contributed by atoms with E-state index < -0.39 is 0 Å². The highest BCUT2D eigenvalue weighted by atomic mass is 16.5. The van der Waals surface area contributed by atoms with Crippen LogP contribution in [0.2, 0.25) is 0 Å². The van der Waals surface area contributed by atoms with Crippen LogP contribution in [0.4, 0.5) is 5.95 Å². The maximum absolute atomic E-state index is 5.92. The predicted molar refractivity (Wildman–Crippen MR) is 106 cm³/mol. The number of fused-ring (bicyclic) bond motifs is 3. The highest BCUT2D eigenvalue weighted by Crippen LogP contribution is 2.29. The number of hydrogen-bond acceptors (Lipinski definition) is 5. The van der Waals surface area contributed by atoms with E-state index in [2.05, 4.69) is 51.5 Å². The molecule has 1 fully saturated rings. The Morgan fingerprint density at radius 2 is 1.59 bits per heavy atom. The van der Waals surface area contributed by atoms with Crippen LogP contribution in [0, 0.1) is 0 Å². The maximum atomic E-state index is 5.92. The fourth-order valence-corrected chi connectivity index (χ4v) is 3.89. The molecule has 0 amide bonds. The highest BCUT2D eigenvalue weighted by Gasteiger charge is 2.27. The first-order chi connectivity index (χ1) is 13.2. The first kappa shape index (κ1) is 16.2. The van der Waals surface area contributed by atoms with Gasteiger partial charge in [-0.25, -0.2) is 9.38 Å². The van der Waals surface area contributed by atoms with Crippen molar-refractivity contribution < 1.29 is 4.74 Å². The summed E-state index contributed by atoms with van der Waals surface area (Å²) in [7, 11) is 0. The zero-order valence-electron chi connectivity index (χ0n) is 15.4. The number of nitrogens with zero attached hydrogens (tertiary/aromatic N) is 5. The van der Waals surface area contributed by atoms with Gasteiger partial charge < -0.3 is 9.64 Å². The molecule has 6 heteroatoms. The third-order valence-corrected chi connectivity index (χ3v) is 4.96. The van der Waals surface area contributed by atoms with Gasteiger partial charge in [-0.3, -0.25) is 0 Å². The SMILES string of the molecule is CC1CN(c2nc3ccccc3c3nnc(-c4ccccc4)n23)CC(C)O1. The van der Waals surface area contributed by atoms with Crippen LogP contribution < -0.4 is 4.90 Å². The molecule has 0 spiro atoms. The molecule has 6 nitrogen and oxygen atoms in total. The largest absolute Gasteiger partial charge is 0.372 e. The van der Waals surface area contributed by atoms with Crippen molar-refractivity contribution in [3.63, 3.8) is 0 Å². The van der Waals surface area contributed by atoms with Crippen molar-refractivity contribution in [1.82, 2.24) is 19.6 Å². The highest BCUT2D eigenvalue weighted by molar-refractivity contribution is 5.93. The molecule has 2 unspecified atom stereocenters. The van der Waals surface area contributed by atoms with E-state index >= 15 is 0 Å². The Morgan fingerprint density at radius 1 is 0.889 bits per heavy atom. The van der Waals surface area contributed by atoms with Crippen molar-refractivity contribution in [3.8, 4) is 11.4 Å². The molecule has 1 aliphatic rings. The fraction of sp³-hybridized carbons (Fsp3) is 0.286. The van der Waals surface area contributed by atoms with Crippen LogP contribution in [0.15, 0.2) is 54.6 Å². The first-order valence-electron chi connectivity index (χ1n) is 9.30. The molecule has 0 aliphatic carbocycles. The molecule has 3 heterocycles. The molecule has 0 N–H and O–H groups in total. The van der Waals surface area contributed by atoms with Gasteiger partial charge in [0.2, 0.25) is 5.95 Å². The van der Waals surface area contributed by atoms with Crippen molar-refractivity contribution in [3.05, 3.63) is 54.6 Å². The fourth-order valence-electron chi connectivity index (χ4n) is 3.89. The van der Waals surface area contributed by atoms with Gasteiger partial charge in [0, 0.05) is 24.0 Å². The summed E-state index contributed by atoms with van der Waals surface area (Å²) in [6, 6.07) is 18.3. The summed E-state index contributed by atoms with van der Waals surface area (Å²) in [4.78, 5) is 7.29. The zero-order chi connectivity index (χ0) is 18.4. The quantitative estimate of drug-likeness (QED) is 0.548. The molecule has 0 saturated carbocycles. The minimum absolute atomic E-state index is 0.147. The molecule has 5 rings (SSSR count). The summed E-state index contributed by atoms with van der Waals surface area (Å²) in [5.74, 6) is 1.68. The van der Waals surface area contributed by atoms with Crippen molar-refractivity contribution in [2.75, 3.05) is 18.0 Å². The van der Waals surface area contributed by atoms with Gasteiger partial charge in [-0.1, -0.05) is 42.5 Å². The third kappa shape index (κ3) is 2.73. The van der Waals surface area contributed by atoms with Crippen LogP contribution in [0.5, 0.6) is 0 Å². The minimum atomic E-state index is 0.147. The van der Waals surface area contributed by atoms with Crippen LogP contribution >= 0.6 is 0 Å². The number of ether oxygens (including phenoxy) is 1. The number of para-hydroxylation sites is 1. The molecule has 0 bridgehead atoms. The van der Waals surface area contributed by atoms with Gasteiger partial charge in [0.25, 0.3) is 0 Å². The molecule has 0 radical (unpaired) electrons. The van der Waals surface area contributed by atoms with Crippen LogP contribution in [-0.2, 0) is 4.74 Å². The van der Waals surface area contributed by atoms with Crippen molar-refractivity contribution in [2.45, 2.75) is 26.1 Å². The third-order valence-electron chi connectivity index (χ3n) is 4.96. The van der Waals surface area contributed by atoms with Gasteiger partial charge in [-0.15, -0.1) is 10.2 Å². The lowest BCUT2D eigenvalue weighted by Gasteiger charge is -2.36. The van der Waals surface area contributed by atoms with Gasteiger partial charge in [0.1, 0.15) is 0 Å². The second-order valence-electron chi connectivity index (χ2n) is 7.14. The van der Waals surface area contributed by atoms with Gasteiger partial charge in [-0.05, 0) is 26.0 Å². The zero-order valence-corrected chi connectivity index (χ0v) is 15.4. The summed E-state index contributed by atoms with van der Waals surface area (Å²) in [6.45, 7) is 5.78. The van der Waals surface area contributed by atoms with Crippen LogP contribution in [0.3, 0.4) is 0 Å². The van der Waals surface area contributed by atoms with E-state index in [1.807, 2.05) is 36.4 Å². The lowest BCUT2D eigenvalue weighted by molar-refractivity contribution is -0.00576. The molecular weight excluding hydrogens is 338 g/mol. The molecule has 27 heavy (non-hydrogen) atoms. The standard InChI is InChI=1S/C21H21N5O/c1-14-12-25(13-15(2)27-14)21-22-18-11-7-6-10-17(18)20-24-23-19(26(20)21)16-8-4-3-5-9-16/h3-11,14-15H,12-13H2,1-2H3. The monoisotopic (exact) mass is 359 g/mol. The molecule has 2 aromatic carbocycles. The van der Waals surface area contributed by atoms with E-state index in [9.17, 15) is 0 Å². The van der Waals surface area contributed by atoms with E-state index in [-0.39, 0.29) is 12.2 Å². The lowest BCUT2D eigenvalue weighted by Crippen LogP contribution is -2.46. The van der Waals surface area contributed by atoms with E-state index in [0.29, 0.717) is 0 Å². The second kappa shape index (κ2) is 6.32. The van der Waals surface area contributed by atoms with Crippen LogP contribution in [0.1, 0.15) is 13.8 Å². The van der Waals surface area contributed by atoms with E-state index in [1.165, 1.54) is 0 Å². The Hall–Kier alpha value is -2.99. The topological polar surface area (TPSA) is 55.6 Å². The maximum Gasteiger partial charge on any atom is 0.213 e. The molecular formula is C21H21N5O. The van der Waals surface area contributed by atoms with Crippen molar-refractivity contribution >= 4 is 22.5 Å². The smallest absolute Gasteiger partial charge is 0.213 e. The number of rotatable bonds is 2. The lowest BCUT2D eigenvalue weighted by atomic mass is 10.2. The van der Waals surface area contributed by atoms with Gasteiger partial charge >= 0.3 is 0 Å². The Kier molecular flexibility index (Phi) is 3.79. The van der Waals surface area contributed by atoms with Crippen molar-refractivity contribution in [2.24, 2.45) is 0 Å². The average molecular weight is 359 g/mol. The second-order valence-corrected chi connectivity index (χ2v) is 7.14. The Morgan fingerprint density at radius 3 is 2.37 bits per heavy atom. The minimum Gasteiger partial charge on any atom is -0.372 e. The molecule has 2 aromatic heterocycles. The summed E-state index contributed by atoms with van der Waals surface area (Å²) in [5.41, 5.74) is 2.79. The van der Waals surface area contributed by atoms with Crippen molar-refractivity contribution in [1.29, 1.82) is 0 Å². The first-order valence-corrected chi connectivity index (χ1v) is 9.30. The number of anilines is 1. The summed E-state index contributed by atoms with van der Waals surface area (Å²) in [5, 5.41) is 10.1. The van der Waals surface area contributed by atoms with Gasteiger partial charge in [0.15, 0.2) is 11.5 Å². The number of aromatic nitrogens is 4. The Labute approximate surface area is 157 Å². The summed E-state index contributed by atoms with van der Waals surface area (Å²) in [6.07, 6.45) is 0.294. The number of hydrogen-bond donors (Lipinski definition) is 0. The van der Waals surface area contributed by atoms with Gasteiger partial charge in [-0.2, -0.15) is 0 Å². The number of morpholine rings is 1. The Bertz CT molecular complexity index is 1100. The van der Waals surface area contributed by atoms with E-state index in [4.69, 9.17) is 9.72 Å². The average Bonchev–Trinajstić information content (AvgIpc) is 3.13. The molecule has 1 saturated heterocycles. The van der Waals surface area contributed by atoms with E-state index in [1.54, 1.807) is 0 Å². The molecule has 2 atom stereocenters. The normalized spacial score (nSPS) is 20.4. The molecule has 1 aliphatic heterocycles. The molecule has 136 valence electrons. The van der Waals surface area contributed by atoms with E-state index in [0.717, 1.165) is 47.0 Å². The van der Waals surface area contributed by atoms with Crippen LogP contribution in [-0.4, -0.2) is 44.9 Å². The van der Waals surface area contributed by atoms with Gasteiger partial charge in [0.05, 0.1) is 17.7 Å². The summed E-state index contributed by atoms with van der Waals surface area (Å²) < 4.78 is 8.01. The Balaban J connectivity index is 1.80. The van der Waals surface area contributed by atoms with Crippen LogP contribution in [0.25, 0.3) is 27.9 Å². The summed E-state index contributed by atoms with van der Waals surface area (Å²) >= 11 is 0.